The van der Waals surface area contributed by atoms with Crippen LogP contribution in [0.5, 0.6) is 0 Å². The highest BCUT2D eigenvalue weighted by Gasteiger charge is 2.65. The molecule has 1 fully saturated rings. The van der Waals surface area contributed by atoms with Crippen molar-refractivity contribution in [1.82, 2.24) is 0 Å². The summed E-state index contributed by atoms with van der Waals surface area (Å²) < 4.78 is 5.18. The molecule has 4 heteroatoms. The van der Waals surface area contributed by atoms with Crippen LogP contribution in [0, 0.1) is 5.41 Å². The smallest absolute Gasteiger partial charge is 0.311 e. The first kappa shape index (κ1) is 11.5. The quantitative estimate of drug-likeness (QED) is 0.549. The average Bonchev–Trinajstić information content (AvgIpc) is 2.28. The minimum Gasteiger partial charge on any atom is -0.456 e. The van der Waals surface area contributed by atoms with E-state index in [0.717, 1.165) is 6.42 Å². The van der Waals surface area contributed by atoms with Crippen molar-refractivity contribution in [3.05, 3.63) is 0 Å². The highest BCUT2D eigenvalue weighted by Crippen LogP contribution is 2.62. The van der Waals surface area contributed by atoms with Crippen LogP contribution in [0.4, 0.5) is 0 Å². The predicted octanol–water partition coefficient (Wildman–Crippen LogP) is 3.22. The lowest BCUT2D eigenvalue weighted by molar-refractivity contribution is -0.159. The Balaban J connectivity index is 2.58. The topological polar surface area (TPSA) is 26.3 Å². The first-order valence-electron chi connectivity index (χ1n) is 4.20. The SMILES string of the molecule is CC(C)(C)C(=O)OC1(C)CC1(Br)Br. The lowest BCUT2D eigenvalue weighted by Crippen LogP contribution is -2.30. The molecule has 1 aliphatic rings. The van der Waals surface area contributed by atoms with Gasteiger partial charge in [-0.1, -0.05) is 31.9 Å². The molecule has 76 valence electrons. The van der Waals surface area contributed by atoms with Crippen molar-refractivity contribution in [3.8, 4) is 0 Å². The maximum absolute atomic E-state index is 11.5. The molecular formula is C9H14Br2O2. The third-order valence-electron chi connectivity index (χ3n) is 2.14. The standard InChI is InChI=1S/C9H14Br2O2/c1-7(2,3)6(12)13-8(4)5-9(8,10)11/h5H2,1-4H3. The molecular weight excluding hydrogens is 300 g/mol. The lowest BCUT2D eigenvalue weighted by atomic mass is 9.97. The Morgan fingerprint density at radius 3 is 2.00 bits per heavy atom. The Hall–Kier alpha value is 0.430. The van der Waals surface area contributed by atoms with Crippen molar-refractivity contribution in [2.75, 3.05) is 0 Å². The van der Waals surface area contributed by atoms with Gasteiger partial charge in [0.15, 0.2) is 0 Å². The van der Waals surface area contributed by atoms with Crippen LogP contribution in [0.1, 0.15) is 34.1 Å². The van der Waals surface area contributed by atoms with E-state index in [9.17, 15) is 4.79 Å². The summed E-state index contributed by atoms with van der Waals surface area (Å²) >= 11 is 6.89. The largest absolute Gasteiger partial charge is 0.456 e. The van der Waals surface area contributed by atoms with Gasteiger partial charge in [0.25, 0.3) is 0 Å². The summed E-state index contributed by atoms with van der Waals surface area (Å²) in [6.07, 6.45) is 0.807. The Morgan fingerprint density at radius 1 is 1.38 bits per heavy atom. The van der Waals surface area contributed by atoms with Crippen LogP contribution in [-0.4, -0.2) is 14.8 Å². The molecule has 0 amide bonds. The van der Waals surface area contributed by atoms with Crippen LogP contribution in [0.25, 0.3) is 0 Å². The molecule has 0 aromatic rings. The fourth-order valence-corrected chi connectivity index (χ4v) is 2.08. The Bertz CT molecular complexity index is 242. The molecule has 0 spiro atoms. The summed E-state index contributed by atoms with van der Waals surface area (Å²) in [5.74, 6) is -0.157. The van der Waals surface area contributed by atoms with Crippen LogP contribution in [0.15, 0.2) is 0 Å². The van der Waals surface area contributed by atoms with Crippen molar-refractivity contribution in [1.29, 1.82) is 0 Å². The highest BCUT2D eigenvalue weighted by molar-refractivity contribution is 9.25. The second-order valence-electron chi connectivity index (χ2n) is 4.75. The van der Waals surface area contributed by atoms with Gasteiger partial charge in [0.2, 0.25) is 0 Å². The number of carbonyl (C=O) groups excluding carboxylic acids is 1. The molecule has 0 aromatic carbocycles. The van der Waals surface area contributed by atoms with Crippen molar-refractivity contribution in [3.63, 3.8) is 0 Å². The van der Waals surface area contributed by atoms with E-state index >= 15 is 0 Å². The van der Waals surface area contributed by atoms with Gasteiger partial charge in [-0.15, -0.1) is 0 Å². The molecule has 0 aromatic heterocycles. The van der Waals surface area contributed by atoms with Gasteiger partial charge < -0.3 is 4.74 Å². The zero-order valence-corrected chi connectivity index (χ0v) is 11.5. The van der Waals surface area contributed by atoms with E-state index in [1.165, 1.54) is 0 Å². The number of hydrogen-bond donors (Lipinski definition) is 0. The molecule has 0 heterocycles. The first-order valence-corrected chi connectivity index (χ1v) is 5.78. The van der Waals surface area contributed by atoms with Crippen molar-refractivity contribution in [2.45, 2.75) is 43.0 Å². The Labute approximate surface area is 95.7 Å². The van der Waals surface area contributed by atoms with Crippen LogP contribution in [0.3, 0.4) is 0 Å². The summed E-state index contributed by atoms with van der Waals surface area (Å²) in [6.45, 7) is 7.47. The van der Waals surface area contributed by atoms with Crippen LogP contribution in [0.2, 0.25) is 0 Å². The Morgan fingerprint density at radius 2 is 1.77 bits per heavy atom. The lowest BCUT2D eigenvalue weighted by Gasteiger charge is -2.21. The number of halogens is 2. The van der Waals surface area contributed by atoms with Gasteiger partial charge in [0.1, 0.15) is 8.83 Å². The van der Waals surface area contributed by atoms with Crippen molar-refractivity contribution in [2.24, 2.45) is 5.41 Å². The third kappa shape index (κ3) is 2.27. The second-order valence-corrected chi connectivity index (χ2v) is 8.52. The molecule has 13 heavy (non-hydrogen) atoms. The maximum Gasteiger partial charge on any atom is 0.311 e. The maximum atomic E-state index is 11.5. The molecule has 0 aliphatic heterocycles. The summed E-state index contributed by atoms with van der Waals surface area (Å²) in [5.41, 5.74) is -0.820. The third-order valence-corrected chi connectivity index (χ3v) is 4.38. The number of alkyl halides is 2. The van der Waals surface area contributed by atoms with Gasteiger partial charge in [-0.3, -0.25) is 4.79 Å². The molecule has 1 saturated carbocycles. The molecule has 1 atom stereocenters. The van der Waals surface area contributed by atoms with Crippen LogP contribution in [-0.2, 0) is 9.53 Å². The molecule has 2 nitrogen and oxygen atoms in total. The van der Waals surface area contributed by atoms with E-state index in [4.69, 9.17) is 4.74 Å². The number of esters is 1. The van der Waals surface area contributed by atoms with Gasteiger partial charge in [0.05, 0.1) is 5.41 Å². The zero-order valence-electron chi connectivity index (χ0n) is 8.28. The van der Waals surface area contributed by atoms with Crippen molar-refractivity contribution >= 4 is 37.8 Å². The fourth-order valence-electron chi connectivity index (χ4n) is 0.848. The van der Waals surface area contributed by atoms with E-state index in [0.29, 0.717) is 0 Å². The van der Waals surface area contributed by atoms with E-state index in [1.807, 2.05) is 27.7 Å². The molecule has 1 unspecified atom stereocenters. The second kappa shape index (κ2) is 2.96. The number of hydrogen-bond acceptors (Lipinski definition) is 2. The van der Waals surface area contributed by atoms with Crippen LogP contribution >= 0.6 is 31.9 Å². The van der Waals surface area contributed by atoms with Crippen molar-refractivity contribution < 1.29 is 9.53 Å². The fraction of sp³-hybridized carbons (Fsp3) is 0.889. The molecule has 1 rings (SSSR count). The molecule has 1 aliphatic carbocycles. The summed E-state index contributed by atoms with van der Waals surface area (Å²) in [4.78, 5) is 11.5. The zero-order chi connectivity index (χ0) is 10.5. The highest BCUT2D eigenvalue weighted by atomic mass is 79.9. The van der Waals surface area contributed by atoms with Gasteiger partial charge in [0, 0.05) is 6.42 Å². The normalized spacial score (nSPS) is 31.2. The molecule has 0 N–H and O–H groups in total. The minimum atomic E-state index is -0.429. The van der Waals surface area contributed by atoms with Gasteiger partial charge >= 0.3 is 5.97 Å². The first-order chi connectivity index (χ1) is 5.58. The number of ether oxygens (including phenoxy) is 1. The van der Waals surface area contributed by atoms with E-state index in [1.54, 1.807) is 0 Å². The number of rotatable bonds is 1. The van der Waals surface area contributed by atoms with Gasteiger partial charge in [-0.05, 0) is 27.7 Å². The van der Waals surface area contributed by atoms with Gasteiger partial charge in [-0.25, -0.2) is 0 Å². The predicted molar refractivity (Wildman–Crippen MR) is 59.2 cm³/mol. The molecule has 0 radical (unpaired) electrons. The molecule has 0 saturated heterocycles. The van der Waals surface area contributed by atoms with Gasteiger partial charge in [-0.2, -0.15) is 0 Å². The van der Waals surface area contributed by atoms with E-state index in [2.05, 4.69) is 31.9 Å². The monoisotopic (exact) mass is 312 g/mol. The molecule has 0 bridgehead atoms. The minimum absolute atomic E-state index is 0.157. The van der Waals surface area contributed by atoms with E-state index < -0.39 is 11.0 Å². The van der Waals surface area contributed by atoms with E-state index in [-0.39, 0.29) is 9.20 Å². The summed E-state index contributed by atoms with van der Waals surface area (Å²) in [7, 11) is 0. The summed E-state index contributed by atoms with van der Waals surface area (Å²) in [6, 6.07) is 0. The summed E-state index contributed by atoms with van der Waals surface area (Å²) in [5, 5.41) is 0. The average molecular weight is 314 g/mol. The Kier molecular flexibility index (Phi) is 2.62. The number of carbonyl (C=O) groups is 1. The van der Waals surface area contributed by atoms with Crippen LogP contribution < -0.4 is 0 Å².